The lowest BCUT2D eigenvalue weighted by atomic mass is 9.93. The molecule has 688 valence electrons. The van der Waals surface area contributed by atoms with Crippen LogP contribution in [0.15, 0.2) is 194 Å². The third-order valence-corrected chi connectivity index (χ3v) is 27.6. The highest BCUT2D eigenvalue weighted by molar-refractivity contribution is 7.43. The lowest BCUT2D eigenvalue weighted by Gasteiger charge is -2.35. The first-order valence-electron chi connectivity index (χ1n) is 49.5. The van der Waals surface area contributed by atoms with Crippen molar-refractivity contribution in [3.05, 3.63) is 239 Å². The van der Waals surface area contributed by atoms with Crippen LogP contribution < -0.4 is 36.2 Å². The molecule has 8 aromatic carbocycles. The zero-order valence-electron chi connectivity index (χ0n) is 78.4. The molecule has 0 aromatic heterocycles. The molecule has 0 N–H and O–H groups in total. The average Bonchev–Trinajstić information content (AvgIpc) is 0.815. The van der Waals surface area contributed by atoms with Gasteiger partial charge in [0.05, 0.1) is 31.8 Å². The van der Waals surface area contributed by atoms with Crippen LogP contribution >= 0.6 is 34.4 Å². The van der Waals surface area contributed by atoms with E-state index in [2.05, 4.69) is 250 Å². The van der Waals surface area contributed by atoms with Gasteiger partial charge in [-0.15, -0.1) is 0 Å². The lowest BCUT2D eigenvalue weighted by molar-refractivity contribution is -0.0107. The van der Waals surface area contributed by atoms with Crippen molar-refractivity contribution in [2.24, 2.45) is 5.41 Å². The molecule has 12 nitrogen and oxygen atoms in total. The summed E-state index contributed by atoms with van der Waals surface area (Å²) in [4.78, 5) is 0. The first kappa shape index (κ1) is 104. The van der Waals surface area contributed by atoms with Gasteiger partial charge in [-0.25, -0.2) is 0 Å². The molecule has 0 radical (unpaired) electrons. The quantitative estimate of drug-likeness (QED) is 0.0267. The maximum atomic E-state index is 7.75. The molecule has 16 heteroatoms. The minimum atomic E-state index is -2.30. The van der Waals surface area contributed by atoms with Crippen LogP contribution in [-0.2, 0) is 69.5 Å². The number of benzene rings is 8. The first-order valence-corrected chi connectivity index (χ1v) is 53.9. The Morgan fingerprint density at radius 2 is 0.280 bits per heavy atom. The van der Waals surface area contributed by atoms with E-state index in [9.17, 15) is 0 Å². The van der Waals surface area contributed by atoms with Gasteiger partial charge in [0.1, 0.15) is 46.0 Å². The summed E-state index contributed by atoms with van der Waals surface area (Å²) in [5.74, 6) is 5.75. The first-order chi connectivity index (χ1) is 61.7. The number of hydrogen-bond donors (Lipinski definition) is 0. The van der Waals surface area contributed by atoms with E-state index in [1.165, 1.54) is 154 Å². The van der Waals surface area contributed by atoms with Gasteiger partial charge in [-0.3, -0.25) is 18.1 Å². The molecule has 125 heavy (non-hydrogen) atoms. The minimum Gasteiger partial charge on any atom is -0.417 e. The van der Waals surface area contributed by atoms with E-state index in [0.29, 0.717) is 0 Å². The SMILES string of the molecule is CCCCCCCc1ccccc1OP(OCC(COP(Oc1ccccc1CCCCCCC)Oc1ccccc1CCCCCCC)(COP(Oc1ccccc1CCCCCCC)Oc1ccccc1CCCCCCC)COP(Oc1ccccc1CCCCCCC)Oc1ccccc1CCCCCCC)Oc1ccccc1CCCCCCC. The van der Waals surface area contributed by atoms with Crippen molar-refractivity contribution in [1.29, 1.82) is 0 Å². The monoisotopic (exact) mass is 1790 g/mol. The molecule has 8 rings (SSSR count). The molecule has 0 spiro atoms. The standard InChI is InChI=1S/C109H160O12P4/c1-9-17-25-33-41-65-93-73-49-57-81-101(93)114-122(115-102-82-58-50-74-94(102)66-42-34-26-18-10-2)110-89-109(90-111-123(116-103-83-59-51-75-95(103)67-43-35-27-19-11-3)117-104-84-60-52-76-96(104)68-44-36-28-20-12-4,91-112-124(118-105-85-61-53-77-97(105)69-45-37-29-21-13-5)119-106-86-62-54-78-98(106)70-46-38-30-22-14-6)92-113-125(120-107-87-63-55-79-99(107)71-47-39-31-23-15-7)121-108-88-64-56-80-100(108)72-48-40-32-24-16-8/h49-64,73-88H,9-48,65-72,89-92H2,1-8H3. The van der Waals surface area contributed by atoms with Crippen molar-refractivity contribution < 1.29 is 54.3 Å². The Balaban J connectivity index is 1.37. The fourth-order valence-corrected chi connectivity index (χ4v) is 20.5. The van der Waals surface area contributed by atoms with Gasteiger partial charge in [-0.05, 0) is 196 Å². The summed E-state index contributed by atoms with van der Waals surface area (Å²) in [6.07, 6.45) is 52.4. The molecule has 0 aliphatic rings. The van der Waals surface area contributed by atoms with Crippen molar-refractivity contribution in [2.75, 3.05) is 26.4 Å². The Bertz CT molecular complexity index is 3300. The average molecular weight is 1790 g/mol. The molecule has 0 aliphatic carbocycles. The van der Waals surface area contributed by atoms with Gasteiger partial charge in [-0.1, -0.05) is 406 Å². The van der Waals surface area contributed by atoms with E-state index in [-0.39, 0.29) is 26.4 Å². The summed E-state index contributed by atoms with van der Waals surface area (Å²) in [7, 11) is -9.21. The summed E-state index contributed by atoms with van der Waals surface area (Å²) >= 11 is 0. The number of hydrogen-bond acceptors (Lipinski definition) is 12. The second kappa shape index (κ2) is 66.1. The number of para-hydroxylation sites is 8. The van der Waals surface area contributed by atoms with Gasteiger partial charge < -0.3 is 36.2 Å². The number of aryl methyl sites for hydroxylation is 8. The predicted molar refractivity (Wildman–Crippen MR) is 530 cm³/mol. The summed E-state index contributed by atoms with van der Waals surface area (Å²) in [6, 6.07) is 67.5. The number of rotatable bonds is 76. The van der Waals surface area contributed by atoms with E-state index >= 15 is 0 Å². The highest BCUT2D eigenvalue weighted by Crippen LogP contribution is 2.53. The van der Waals surface area contributed by atoms with Crippen LogP contribution in [0.1, 0.15) is 357 Å². The lowest BCUT2D eigenvalue weighted by Crippen LogP contribution is -2.41. The van der Waals surface area contributed by atoms with Crippen LogP contribution in [0.5, 0.6) is 46.0 Å². The third-order valence-electron chi connectivity index (χ3n) is 23.5. The van der Waals surface area contributed by atoms with Crippen molar-refractivity contribution >= 4 is 34.4 Å². The van der Waals surface area contributed by atoms with Crippen LogP contribution in [0.2, 0.25) is 0 Å². The Morgan fingerprint density at radius 3 is 0.408 bits per heavy atom. The van der Waals surface area contributed by atoms with Crippen LogP contribution in [0, 0.1) is 5.41 Å². The van der Waals surface area contributed by atoms with Crippen molar-refractivity contribution in [3.8, 4) is 46.0 Å². The molecule has 0 bridgehead atoms. The minimum absolute atomic E-state index is 0.110. The number of unbranched alkanes of at least 4 members (excludes halogenated alkanes) is 32. The van der Waals surface area contributed by atoms with Crippen LogP contribution in [0.3, 0.4) is 0 Å². The molecule has 8 aromatic rings. The molecule has 0 atom stereocenters. The summed E-state index contributed by atoms with van der Waals surface area (Å²) in [5, 5.41) is 0. The smallest absolute Gasteiger partial charge is 0.417 e. The van der Waals surface area contributed by atoms with E-state index in [0.717, 1.165) is 245 Å². The Labute approximate surface area is 763 Å². The van der Waals surface area contributed by atoms with Crippen LogP contribution in [0.25, 0.3) is 0 Å². The summed E-state index contributed by atoms with van der Waals surface area (Å²) in [6.45, 7) is 17.7. The normalized spacial score (nSPS) is 11.7. The molecule has 0 saturated carbocycles. The molecule has 0 amide bonds. The molecular formula is C109H160O12P4. The Kier molecular flexibility index (Phi) is 55.1. The van der Waals surface area contributed by atoms with Crippen LogP contribution in [0.4, 0.5) is 0 Å². The zero-order chi connectivity index (χ0) is 87.9. The maximum Gasteiger partial charge on any atom is 0.463 e. The largest absolute Gasteiger partial charge is 0.463 e. The van der Waals surface area contributed by atoms with Gasteiger partial charge in [0.15, 0.2) is 0 Å². The van der Waals surface area contributed by atoms with Gasteiger partial charge in [0, 0.05) is 0 Å². The van der Waals surface area contributed by atoms with E-state index < -0.39 is 39.8 Å². The second-order valence-electron chi connectivity index (χ2n) is 34.4. The van der Waals surface area contributed by atoms with Crippen molar-refractivity contribution in [1.82, 2.24) is 0 Å². The molecule has 0 aliphatic heterocycles. The summed E-state index contributed by atoms with van der Waals surface area (Å²) in [5.41, 5.74) is 7.42. The molecule has 0 fully saturated rings. The summed E-state index contributed by atoms with van der Waals surface area (Å²) < 4.78 is 90.6. The molecule has 0 unspecified atom stereocenters. The van der Waals surface area contributed by atoms with Crippen molar-refractivity contribution in [2.45, 2.75) is 364 Å². The van der Waals surface area contributed by atoms with Crippen LogP contribution in [-0.4, -0.2) is 26.4 Å². The van der Waals surface area contributed by atoms with E-state index in [1.54, 1.807) is 0 Å². The topological polar surface area (TPSA) is 111 Å². The van der Waals surface area contributed by atoms with E-state index in [1.807, 2.05) is 0 Å². The molecular weight excluding hydrogens is 1630 g/mol. The predicted octanol–water partition coefficient (Wildman–Crippen LogP) is 35.7. The Hall–Kier alpha value is -6.28. The fraction of sp³-hybridized carbons (Fsp3) is 0.560. The van der Waals surface area contributed by atoms with E-state index in [4.69, 9.17) is 54.3 Å². The zero-order valence-corrected chi connectivity index (χ0v) is 82.0. The highest BCUT2D eigenvalue weighted by atomic mass is 31.2. The maximum absolute atomic E-state index is 7.75. The Morgan fingerprint density at radius 1 is 0.160 bits per heavy atom. The van der Waals surface area contributed by atoms with Gasteiger partial charge in [0.25, 0.3) is 0 Å². The highest BCUT2D eigenvalue weighted by Gasteiger charge is 2.42. The molecule has 0 heterocycles. The molecule has 0 saturated heterocycles. The van der Waals surface area contributed by atoms with Crippen molar-refractivity contribution in [3.63, 3.8) is 0 Å². The van der Waals surface area contributed by atoms with Gasteiger partial charge >= 0.3 is 34.4 Å². The van der Waals surface area contributed by atoms with Gasteiger partial charge in [-0.2, -0.15) is 0 Å². The second-order valence-corrected chi connectivity index (χ2v) is 38.7. The third kappa shape index (κ3) is 42.0. The van der Waals surface area contributed by atoms with Gasteiger partial charge in [0.2, 0.25) is 0 Å². The fourth-order valence-electron chi connectivity index (χ4n) is 15.7.